The van der Waals surface area contributed by atoms with Gasteiger partial charge in [-0.3, -0.25) is 0 Å². The Morgan fingerprint density at radius 3 is 2.12 bits per heavy atom. The Bertz CT molecular complexity index is 352. The van der Waals surface area contributed by atoms with Crippen LogP contribution in [0.5, 0.6) is 0 Å². The predicted octanol–water partition coefficient (Wildman–Crippen LogP) is 1.92. The SMILES string of the molecule is NCc1cccc(F)c1.O=C(O)C(F)(F)F. The highest BCUT2D eigenvalue weighted by Gasteiger charge is 2.38. The zero-order valence-electron chi connectivity index (χ0n) is 7.96. The molecule has 0 aromatic heterocycles. The molecular formula is C9H9F4NO2. The van der Waals surface area contributed by atoms with Gasteiger partial charge in [-0.05, 0) is 17.7 Å². The molecule has 0 unspecified atom stereocenters. The summed E-state index contributed by atoms with van der Waals surface area (Å²) < 4.78 is 44.0. The third-order valence-electron chi connectivity index (χ3n) is 1.37. The maximum Gasteiger partial charge on any atom is 0.490 e. The molecule has 3 nitrogen and oxygen atoms in total. The van der Waals surface area contributed by atoms with Crippen LogP contribution < -0.4 is 5.73 Å². The lowest BCUT2D eigenvalue weighted by Crippen LogP contribution is -2.21. The van der Waals surface area contributed by atoms with E-state index in [1.54, 1.807) is 12.1 Å². The molecule has 0 saturated heterocycles. The maximum atomic E-state index is 12.3. The monoisotopic (exact) mass is 239 g/mol. The first-order chi connectivity index (χ1) is 7.27. The third-order valence-corrected chi connectivity index (χ3v) is 1.37. The highest BCUT2D eigenvalue weighted by Crippen LogP contribution is 2.13. The minimum absolute atomic E-state index is 0.224. The number of halogens is 4. The molecule has 0 fully saturated rings. The Balaban J connectivity index is 0.000000293. The van der Waals surface area contributed by atoms with Crippen LogP contribution in [0.1, 0.15) is 5.56 Å². The second-order valence-corrected chi connectivity index (χ2v) is 2.64. The molecule has 0 atom stereocenters. The van der Waals surface area contributed by atoms with Crippen LogP contribution in [0.15, 0.2) is 24.3 Å². The first kappa shape index (κ1) is 14.4. The fourth-order valence-electron chi connectivity index (χ4n) is 0.664. The second-order valence-electron chi connectivity index (χ2n) is 2.64. The molecule has 1 aromatic carbocycles. The molecule has 90 valence electrons. The van der Waals surface area contributed by atoms with Crippen molar-refractivity contribution < 1.29 is 27.5 Å². The summed E-state index contributed by atoms with van der Waals surface area (Å²) in [6, 6.07) is 6.28. The van der Waals surface area contributed by atoms with Crippen molar-refractivity contribution in [1.82, 2.24) is 0 Å². The van der Waals surface area contributed by atoms with Crippen LogP contribution in [0.4, 0.5) is 17.6 Å². The number of carboxylic acid groups (broad SMARTS) is 1. The Labute approximate surface area is 88.5 Å². The van der Waals surface area contributed by atoms with Gasteiger partial charge < -0.3 is 10.8 Å². The molecule has 0 bridgehead atoms. The van der Waals surface area contributed by atoms with Crippen LogP contribution in [-0.2, 0) is 11.3 Å². The van der Waals surface area contributed by atoms with E-state index in [0.717, 1.165) is 5.56 Å². The van der Waals surface area contributed by atoms with Gasteiger partial charge in [-0.25, -0.2) is 9.18 Å². The van der Waals surface area contributed by atoms with E-state index in [1.165, 1.54) is 12.1 Å². The van der Waals surface area contributed by atoms with Crippen molar-refractivity contribution in [2.45, 2.75) is 12.7 Å². The van der Waals surface area contributed by atoms with Crippen molar-refractivity contribution in [3.63, 3.8) is 0 Å². The molecule has 0 saturated carbocycles. The minimum atomic E-state index is -5.08. The fourth-order valence-corrected chi connectivity index (χ4v) is 0.664. The highest BCUT2D eigenvalue weighted by atomic mass is 19.4. The van der Waals surface area contributed by atoms with Crippen molar-refractivity contribution in [3.8, 4) is 0 Å². The van der Waals surface area contributed by atoms with Crippen LogP contribution in [-0.4, -0.2) is 17.3 Å². The van der Waals surface area contributed by atoms with Gasteiger partial charge in [0.05, 0.1) is 0 Å². The first-order valence-electron chi connectivity index (χ1n) is 4.02. The number of carboxylic acids is 1. The summed E-state index contributed by atoms with van der Waals surface area (Å²) in [4.78, 5) is 8.90. The second kappa shape index (κ2) is 6.06. The number of aliphatic carboxylic acids is 1. The lowest BCUT2D eigenvalue weighted by Gasteiger charge is -1.93. The lowest BCUT2D eigenvalue weighted by molar-refractivity contribution is -0.192. The molecule has 7 heteroatoms. The predicted molar refractivity (Wildman–Crippen MR) is 48.0 cm³/mol. The summed E-state index contributed by atoms with van der Waals surface area (Å²) in [7, 11) is 0. The lowest BCUT2D eigenvalue weighted by atomic mass is 10.2. The average Bonchev–Trinajstić information content (AvgIpc) is 2.17. The summed E-state index contributed by atoms with van der Waals surface area (Å²) in [6.45, 7) is 0.401. The number of carbonyl (C=O) groups is 1. The van der Waals surface area contributed by atoms with E-state index in [1.807, 2.05) is 0 Å². The quantitative estimate of drug-likeness (QED) is 0.736. The number of nitrogens with two attached hydrogens (primary N) is 1. The van der Waals surface area contributed by atoms with E-state index in [0.29, 0.717) is 6.54 Å². The smallest absolute Gasteiger partial charge is 0.475 e. The highest BCUT2D eigenvalue weighted by molar-refractivity contribution is 5.73. The molecule has 0 heterocycles. The zero-order valence-corrected chi connectivity index (χ0v) is 7.96. The van der Waals surface area contributed by atoms with Gasteiger partial charge in [0.15, 0.2) is 0 Å². The van der Waals surface area contributed by atoms with Gasteiger partial charge in [-0.2, -0.15) is 13.2 Å². The molecule has 0 aliphatic heterocycles. The molecule has 0 aliphatic rings. The van der Waals surface area contributed by atoms with E-state index >= 15 is 0 Å². The van der Waals surface area contributed by atoms with Crippen LogP contribution in [0.3, 0.4) is 0 Å². The van der Waals surface area contributed by atoms with Crippen LogP contribution in [0.2, 0.25) is 0 Å². The Morgan fingerprint density at radius 1 is 1.38 bits per heavy atom. The topological polar surface area (TPSA) is 63.3 Å². The summed E-state index contributed by atoms with van der Waals surface area (Å²) in [5, 5.41) is 7.12. The van der Waals surface area contributed by atoms with E-state index < -0.39 is 12.1 Å². The average molecular weight is 239 g/mol. The first-order valence-corrected chi connectivity index (χ1v) is 4.02. The normalized spacial score (nSPS) is 10.3. The Hall–Kier alpha value is -1.63. The molecule has 1 rings (SSSR count). The molecule has 0 amide bonds. The number of benzene rings is 1. The van der Waals surface area contributed by atoms with Gasteiger partial charge in [0.25, 0.3) is 0 Å². The molecule has 0 spiro atoms. The minimum Gasteiger partial charge on any atom is -0.475 e. The maximum absolute atomic E-state index is 12.3. The van der Waals surface area contributed by atoms with E-state index in [2.05, 4.69) is 0 Å². The van der Waals surface area contributed by atoms with Gasteiger partial charge in [0.2, 0.25) is 0 Å². The zero-order chi connectivity index (χ0) is 12.8. The van der Waals surface area contributed by atoms with Gasteiger partial charge >= 0.3 is 12.1 Å². The Morgan fingerprint density at radius 2 is 1.88 bits per heavy atom. The van der Waals surface area contributed by atoms with Gasteiger partial charge in [0, 0.05) is 6.54 Å². The van der Waals surface area contributed by atoms with Gasteiger partial charge in [0.1, 0.15) is 5.82 Å². The van der Waals surface area contributed by atoms with E-state index in [4.69, 9.17) is 15.6 Å². The molecule has 16 heavy (non-hydrogen) atoms. The standard InChI is InChI=1S/C7H8FN.C2HF3O2/c8-7-3-1-2-6(4-7)5-9;3-2(4,5)1(6)7/h1-4H,5,9H2;(H,6,7). The van der Waals surface area contributed by atoms with Crippen molar-refractivity contribution in [2.75, 3.05) is 0 Å². The Kier molecular flexibility index (Phi) is 5.44. The van der Waals surface area contributed by atoms with Crippen LogP contribution >= 0.6 is 0 Å². The number of hydrogen-bond acceptors (Lipinski definition) is 2. The van der Waals surface area contributed by atoms with Crippen molar-refractivity contribution in [2.24, 2.45) is 5.73 Å². The van der Waals surface area contributed by atoms with Crippen LogP contribution in [0.25, 0.3) is 0 Å². The van der Waals surface area contributed by atoms with E-state index in [-0.39, 0.29) is 5.82 Å². The van der Waals surface area contributed by atoms with Gasteiger partial charge in [-0.15, -0.1) is 0 Å². The summed E-state index contributed by atoms with van der Waals surface area (Å²) in [6.07, 6.45) is -5.08. The fraction of sp³-hybridized carbons (Fsp3) is 0.222. The molecular weight excluding hydrogens is 230 g/mol. The number of alkyl halides is 3. The van der Waals surface area contributed by atoms with E-state index in [9.17, 15) is 17.6 Å². The van der Waals surface area contributed by atoms with Crippen molar-refractivity contribution >= 4 is 5.97 Å². The molecule has 1 aromatic rings. The van der Waals surface area contributed by atoms with Crippen molar-refractivity contribution in [3.05, 3.63) is 35.6 Å². The summed E-state index contributed by atoms with van der Waals surface area (Å²) in [5.74, 6) is -2.98. The molecule has 0 radical (unpaired) electrons. The van der Waals surface area contributed by atoms with Gasteiger partial charge in [-0.1, -0.05) is 12.1 Å². The number of rotatable bonds is 1. The largest absolute Gasteiger partial charge is 0.490 e. The summed E-state index contributed by atoms with van der Waals surface area (Å²) in [5.41, 5.74) is 6.08. The summed E-state index contributed by atoms with van der Waals surface area (Å²) >= 11 is 0. The third kappa shape index (κ3) is 5.97. The molecule has 3 N–H and O–H groups in total. The number of hydrogen-bond donors (Lipinski definition) is 2. The molecule has 0 aliphatic carbocycles. The van der Waals surface area contributed by atoms with Crippen LogP contribution in [0, 0.1) is 5.82 Å². The van der Waals surface area contributed by atoms with Crippen molar-refractivity contribution in [1.29, 1.82) is 0 Å².